The van der Waals surface area contributed by atoms with E-state index in [0.717, 1.165) is 46.7 Å². The number of halogens is 1. The Morgan fingerprint density at radius 2 is 2.03 bits per heavy atom. The molecule has 1 aliphatic heterocycles. The van der Waals surface area contributed by atoms with Gasteiger partial charge in [0.25, 0.3) is 5.91 Å². The van der Waals surface area contributed by atoms with Crippen molar-refractivity contribution in [2.24, 2.45) is 5.73 Å². The molecule has 2 aromatic heterocycles. The van der Waals surface area contributed by atoms with E-state index in [-0.39, 0.29) is 5.82 Å². The van der Waals surface area contributed by atoms with Crippen molar-refractivity contribution < 1.29 is 9.18 Å². The molecule has 0 saturated heterocycles. The van der Waals surface area contributed by atoms with Crippen molar-refractivity contribution >= 4 is 48.9 Å². The largest absolute Gasteiger partial charge is 0.365 e. The molecule has 0 unspecified atom stereocenters. The molecule has 2 aromatic carbocycles. The maximum atomic E-state index is 13.5. The molecule has 0 spiro atoms. The van der Waals surface area contributed by atoms with Gasteiger partial charge in [-0.25, -0.2) is 9.37 Å². The summed E-state index contributed by atoms with van der Waals surface area (Å²) in [5, 5.41) is 4.61. The molecule has 3 N–H and O–H groups in total. The number of nitrogens with one attached hydrogen (secondary N) is 1. The zero-order valence-corrected chi connectivity index (χ0v) is 17.7. The molecular weight excluding hydrogens is 419 g/mol. The normalized spacial score (nSPS) is 14.0. The number of carbonyl (C=O) groups is 1. The van der Waals surface area contributed by atoms with Gasteiger partial charge in [-0.05, 0) is 35.7 Å². The Labute approximate surface area is 181 Å². The van der Waals surface area contributed by atoms with Crippen molar-refractivity contribution in [3.8, 4) is 0 Å². The second-order valence-corrected chi connectivity index (χ2v) is 9.41. The van der Waals surface area contributed by atoms with Crippen molar-refractivity contribution in [3.05, 3.63) is 75.9 Å². The van der Waals surface area contributed by atoms with Crippen LogP contribution in [0.5, 0.6) is 0 Å². The molecule has 1 amide bonds. The Bertz CT molecular complexity index is 1230. The first-order valence-electron chi connectivity index (χ1n) is 9.60. The number of rotatable bonds is 5. The number of hydrogen-bond acceptors (Lipinski definition) is 6. The predicted molar refractivity (Wildman–Crippen MR) is 120 cm³/mol. The zero-order chi connectivity index (χ0) is 20.7. The molecule has 0 aliphatic carbocycles. The monoisotopic (exact) mass is 438 g/mol. The first-order valence-corrected chi connectivity index (χ1v) is 11.2. The number of fused-ring (bicyclic) bond motifs is 2. The van der Waals surface area contributed by atoms with Gasteiger partial charge in [0.2, 0.25) is 0 Å². The highest BCUT2D eigenvalue weighted by atomic mass is 32.1. The molecule has 0 bridgehead atoms. The molecule has 5 rings (SSSR count). The Morgan fingerprint density at radius 3 is 2.83 bits per heavy atom. The van der Waals surface area contributed by atoms with E-state index in [4.69, 9.17) is 5.73 Å². The van der Waals surface area contributed by atoms with Gasteiger partial charge < -0.3 is 11.1 Å². The van der Waals surface area contributed by atoms with Crippen LogP contribution in [0.15, 0.2) is 48.5 Å². The van der Waals surface area contributed by atoms with Crippen molar-refractivity contribution in [3.63, 3.8) is 0 Å². The lowest BCUT2D eigenvalue weighted by Gasteiger charge is -2.27. The van der Waals surface area contributed by atoms with E-state index in [9.17, 15) is 9.18 Å². The maximum Gasteiger partial charge on any atom is 0.251 e. The van der Waals surface area contributed by atoms with Crippen LogP contribution in [0, 0.1) is 5.82 Å². The summed E-state index contributed by atoms with van der Waals surface area (Å²) in [7, 11) is 0. The molecule has 1 aliphatic rings. The number of nitrogens with zero attached hydrogens (tertiary/aromatic N) is 2. The second kappa shape index (κ2) is 7.79. The highest BCUT2D eigenvalue weighted by Gasteiger charge is 2.27. The number of anilines is 2. The van der Waals surface area contributed by atoms with Crippen LogP contribution in [0.1, 0.15) is 26.4 Å². The van der Waals surface area contributed by atoms with Gasteiger partial charge in [-0.3, -0.25) is 9.69 Å². The van der Waals surface area contributed by atoms with E-state index in [1.54, 1.807) is 17.4 Å². The number of thiazole rings is 1. The zero-order valence-electron chi connectivity index (χ0n) is 16.0. The van der Waals surface area contributed by atoms with Gasteiger partial charge in [-0.15, -0.1) is 11.3 Å². The SMILES string of the molecule is NC(=O)c1c(Nc2nc3ccc(F)cc3s2)sc2c1CCN(Cc1ccccc1)C2. The van der Waals surface area contributed by atoms with Crippen LogP contribution in [0.3, 0.4) is 0 Å². The number of aromatic nitrogens is 1. The van der Waals surface area contributed by atoms with Crippen LogP contribution in [0.2, 0.25) is 0 Å². The number of nitrogens with two attached hydrogens (primary N) is 1. The fourth-order valence-electron chi connectivity index (χ4n) is 3.83. The number of hydrogen-bond donors (Lipinski definition) is 2. The van der Waals surface area contributed by atoms with E-state index in [1.165, 1.54) is 29.0 Å². The van der Waals surface area contributed by atoms with Crippen LogP contribution in [0.25, 0.3) is 10.2 Å². The lowest BCUT2D eigenvalue weighted by atomic mass is 10.0. The molecule has 152 valence electrons. The third kappa shape index (κ3) is 3.69. The lowest BCUT2D eigenvalue weighted by molar-refractivity contribution is 0.0999. The molecule has 0 fully saturated rings. The molecule has 5 nitrogen and oxygen atoms in total. The van der Waals surface area contributed by atoms with Crippen LogP contribution >= 0.6 is 22.7 Å². The van der Waals surface area contributed by atoms with Crippen molar-refractivity contribution in [1.29, 1.82) is 0 Å². The number of thiophene rings is 1. The molecular formula is C22H19FN4OS2. The molecule has 0 atom stereocenters. The Balaban J connectivity index is 1.42. The van der Waals surface area contributed by atoms with E-state index in [1.807, 2.05) is 18.2 Å². The molecule has 0 saturated carbocycles. The number of carbonyl (C=O) groups excluding carboxylic acids is 1. The minimum absolute atomic E-state index is 0.291. The summed E-state index contributed by atoms with van der Waals surface area (Å²) >= 11 is 2.91. The summed E-state index contributed by atoms with van der Waals surface area (Å²) < 4.78 is 14.2. The lowest BCUT2D eigenvalue weighted by Crippen LogP contribution is -2.30. The fraction of sp³-hybridized carbons (Fsp3) is 0.182. The predicted octanol–water partition coefficient (Wildman–Crippen LogP) is 4.90. The average Bonchev–Trinajstić information content (AvgIpc) is 3.28. The van der Waals surface area contributed by atoms with Gasteiger partial charge in [0.05, 0.1) is 15.8 Å². The number of amides is 1. The molecule has 8 heteroatoms. The van der Waals surface area contributed by atoms with Crippen LogP contribution < -0.4 is 11.1 Å². The standard InChI is InChI=1S/C22H19FN4OS2/c23-14-6-7-16-17(10-14)30-22(25-16)26-21-19(20(24)28)15-8-9-27(12-18(15)29-21)11-13-4-2-1-3-5-13/h1-7,10H,8-9,11-12H2,(H2,24,28)(H,25,26). The summed E-state index contributed by atoms with van der Waals surface area (Å²) in [6.45, 7) is 2.52. The first kappa shape index (κ1) is 19.2. The summed E-state index contributed by atoms with van der Waals surface area (Å²) in [4.78, 5) is 20.3. The quantitative estimate of drug-likeness (QED) is 0.465. The maximum absolute atomic E-state index is 13.5. The third-order valence-corrected chi connectivity index (χ3v) is 7.27. The summed E-state index contributed by atoms with van der Waals surface area (Å²) in [6, 6.07) is 14.9. The highest BCUT2D eigenvalue weighted by molar-refractivity contribution is 7.23. The van der Waals surface area contributed by atoms with Crippen LogP contribution in [0.4, 0.5) is 14.5 Å². The Morgan fingerprint density at radius 1 is 1.20 bits per heavy atom. The van der Waals surface area contributed by atoms with Crippen molar-refractivity contribution in [1.82, 2.24) is 9.88 Å². The summed E-state index contributed by atoms with van der Waals surface area (Å²) in [5.41, 5.74) is 9.32. The molecule has 4 aromatic rings. The van der Waals surface area contributed by atoms with Gasteiger partial charge in [0.15, 0.2) is 5.13 Å². The Kier molecular flexibility index (Phi) is 4.98. The minimum Gasteiger partial charge on any atom is -0.365 e. The van der Waals surface area contributed by atoms with Crippen molar-refractivity contribution in [2.45, 2.75) is 19.5 Å². The number of benzene rings is 2. The summed E-state index contributed by atoms with van der Waals surface area (Å²) in [5.74, 6) is -0.723. The van der Waals surface area contributed by atoms with E-state index >= 15 is 0 Å². The van der Waals surface area contributed by atoms with Gasteiger partial charge in [0, 0.05) is 24.5 Å². The van der Waals surface area contributed by atoms with Crippen LogP contribution in [-0.2, 0) is 19.5 Å². The van der Waals surface area contributed by atoms with E-state index in [0.29, 0.717) is 15.7 Å². The Hall–Kier alpha value is -2.81. The van der Waals surface area contributed by atoms with Gasteiger partial charge in [-0.2, -0.15) is 0 Å². The minimum atomic E-state index is -0.432. The number of primary amides is 1. The van der Waals surface area contributed by atoms with Crippen LogP contribution in [-0.4, -0.2) is 22.3 Å². The smallest absolute Gasteiger partial charge is 0.251 e. The van der Waals surface area contributed by atoms with Gasteiger partial charge in [0.1, 0.15) is 10.8 Å². The highest BCUT2D eigenvalue weighted by Crippen LogP contribution is 2.40. The molecule has 30 heavy (non-hydrogen) atoms. The molecule has 3 heterocycles. The van der Waals surface area contributed by atoms with Crippen molar-refractivity contribution in [2.75, 3.05) is 11.9 Å². The fourth-order valence-corrected chi connectivity index (χ4v) is 6.08. The topological polar surface area (TPSA) is 71.2 Å². The second-order valence-electron chi connectivity index (χ2n) is 7.27. The average molecular weight is 439 g/mol. The third-order valence-electron chi connectivity index (χ3n) is 5.20. The first-order chi connectivity index (χ1) is 14.6. The van der Waals surface area contributed by atoms with E-state index < -0.39 is 5.91 Å². The molecule has 0 radical (unpaired) electrons. The van der Waals surface area contributed by atoms with Gasteiger partial charge in [-0.1, -0.05) is 41.7 Å². The summed E-state index contributed by atoms with van der Waals surface area (Å²) in [6.07, 6.45) is 0.781. The van der Waals surface area contributed by atoms with E-state index in [2.05, 4.69) is 27.3 Å². The van der Waals surface area contributed by atoms with Gasteiger partial charge >= 0.3 is 0 Å².